The third-order valence-electron chi connectivity index (χ3n) is 5.54. The molecule has 0 saturated carbocycles. The molecule has 32 heavy (non-hydrogen) atoms. The van der Waals surface area contributed by atoms with Crippen LogP contribution in [0.25, 0.3) is 10.2 Å². The van der Waals surface area contributed by atoms with Crippen LogP contribution in [0.5, 0.6) is 0 Å². The van der Waals surface area contributed by atoms with E-state index in [1.165, 1.54) is 34.6 Å². The first kappa shape index (κ1) is 25.7. The third-order valence-corrected chi connectivity index (χ3v) is 6.51. The second-order valence-corrected chi connectivity index (χ2v) is 10.3. The molecule has 3 aromatic rings. The van der Waals surface area contributed by atoms with E-state index in [0.29, 0.717) is 12.0 Å². The number of aromatic nitrogens is 1. The van der Waals surface area contributed by atoms with Gasteiger partial charge in [0.2, 0.25) is 0 Å². The molecule has 1 unspecified atom stereocenters. The highest BCUT2D eigenvalue weighted by atomic mass is 32.1. The highest BCUT2D eigenvalue weighted by molar-refractivity contribution is 7.20. The number of carbonyl (C=O) groups excluding carboxylic acids is 1. The lowest BCUT2D eigenvalue weighted by molar-refractivity contribution is 0.112. The second kappa shape index (κ2) is 11.9. The third kappa shape index (κ3) is 7.84. The number of likely N-dealkylation sites (N-methyl/N-ethyl adjacent to an activating group) is 1. The Balaban J connectivity index is 0.000000230. The topological polar surface area (TPSA) is 91.9 Å². The van der Waals surface area contributed by atoms with Crippen molar-refractivity contribution in [1.29, 1.82) is 5.41 Å². The quantitative estimate of drug-likeness (QED) is 0.282. The van der Waals surface area contributed by atoms with Crippen molar-refractivity contribution in [2.75, 3.05) is 13.6 Å². The number of hydrogen-bond acceptors (Lipinski definition) is 5. The second-order valence-electron chi connectivity index (χ2n) is 9.27. The Morgan fingerprint density at radius 1 is 1.28 bits per heavy atom. The van der Waals surface area contributed by atoms with Crippen LogP contribution in [0.2, 0.25) is 0 Å². The van der Waals surface area contributed by atoms with E-state index >= 15 is 0 Å². The number of fused-ring (bicyclic) bond motifs is 2. The van der Waals surface area contributed by atoms with E-state index in [-0.39, 0.29) is 5.84 Å². The fraction of sp³-hybridized carbons (Fsp3) is 0.423. The van der Waals surface area contributed by atoms with E-state index in [4.69, 9.17) is 16.1 Å². The van der Waals surface area contributed by atoms with Crippen LogP contribution in [0.15, 0.2) is 42.5 Å². The van der Waals surface area contributed by atoms with Crippen LogP contribution in [0.3, 0.4) is 0 Å². The summed E-state index contributed by atoms with van der Waals surface area (Å²) in [6, 6.07) is 14.5. The van der Waals surface area contributed by atoms with Crippen LogP contribution >= 0.6 is 11.3 Å². The molecule has 0 amide bonds. The SMILES string of the molecule is CC(C)(C)C1CCc2nc3sc(C=O)cc3cc2C1.CNCC(=N)N.Cc1ccccc1. The van der Waals surface area contributed by atoms with Gasteiger partial charge in [-0.1, -0.05) is 56.7 Å². The van der Waals surface area contributed by atoms with Gasteiger partial charge in [0.25, 0.3) is 0 Å². The Morgan fingerprint density at radius 3 is 2.44 bits per heavy atom. The van der Waals surface area contributed by atoms with Crippen molar-refractivity contribution >= 4 is 33.7 Å². The molecule has 2 aromatic heterocycles. The van der Waals surface area contributed by atoms with Gasteiger partial charge in [-0.2, -0.15) is 0 Å². The van der Waals surface area contributed by atoms with Crippen molar-refractivity contribution in [2.24, 2.45) is 17.1 Å². The number of aldehydes is 1. The minimum absolute atomic E-state index is 0.178. The van der Waals surface area contributed by atoms with Crippen LogP contribution in [-0.2, 0) is 12.8 Å². The number of hydrogen-bond donors (Lipinski definition) is 3. The van der Waals surface area contributed by atoms with Crippen molar-refractivity contribution < 1.29 is 4.79 Å². The number of thiophene rings is 1. The molecule has 2 heterocycles. The van der Waals surface area contributed by atoms with E-state index in [1.807, 2.05) is 24.3 Å². The van der Waals surface area contributed by atoms with E-state index in [9.17, 15) is 4.79 Å². The summed E-state index contributed by atoms with van der Waals surface area (Å²) in [7, 11) is 1.75. The number of amidine groups is 1. The molecule has 0 spiro atoms. The van der Waals surface area contributed by atoms with Crippen LogP contribution in [0, 0.1) is 23.7 Å². The fourth-order valence-corrected chi connectivity index (χ4v) is 4.51. The Bertz CT molecular complexity index is 1020. The van der Waals surface area contributed by atoms with Crippen molar-refractivity contribution in [3.05, 3.63) is 64.2 Å². The van der Waals surface area contributed by atoms with Crippen LogP contribution in [0.1, 0.15) is 53.7 Å². The molecule has 172 valence electrons. The highest BCUT2D eigenvalue weighted by Crippen LogP contribution is 2.38. The molecule has 5 nitrogen and oxygen atoms in total. The molecule has 0 fully saturated rings. The first-order chi connectivity index (χ1) is 15.1. The maximum atomic E-state index is 10.9. The first-order valence-electron chi connectivity index (χ1n) is 11.0. The number of aryl methyl sites for hydroxylation is 2. The molecule has 6 heteroatoms. The van der Waals surface area contributed by atoms with Gasteiger partial charge in [0.15, 0.2) is 6.29 Å². The average molecular weight is 453 g/mol. The lowest BCUT2D eigenvalue weighted by Crippen LogP contribution is -2.27. The maximum absolute atomic E-state index is 10.9. The number of benzene rings is 1. The Kier molecular flexibility index (Phi) is 9.54. The minimum Gasteiger partial charge on any atom is -0.387 e. The van der Waals surface area contributed by atoms with E-state index in [1.54, 1.807) is 7.05 Å². The molecule has 1 aliphatic rings. The number of nitrogens with two attached hydrogens (primary N) is 1. The van der Waals surface area contributed by atoms with Crippen molar-refractivity contribution in [3.8, 4) is 0 Å². The predicted octanol–water partition coefficient (Wildman–Crippen LogP) is 5.40. The summed E-state index contributed by atoms with van der Waals surface area (Å²) in [5, 5.41) is 10.5. The van der Waals surface area contributed by atoms with Gasteiger partial charge < -0.3 is 11.1 Å². The summed E-state index contributed by atoms with van der Waals surface area (Å²) in [5.41, 5.74) is 9.23. The van der Waals surface area contributed by atoms with E-state index < -0.39 is 0 Å². The predicted molar refractivity (Wildman–Crippen MR) is 137 cm³/mol. The zero-order valence-corrected chi connectivity index (χ0v) is 20.7. The van der Waals surface area contributed by atoms with Gasteiger partial charge in [-0.05, 0) is 62.3 Å². The molecule has 4 N–H and O–H groups in total. The summed E-state index contributed by atoms with van der Waals surface area (Å²) in [6.07, 6.45) is 4.33. The summed E-state index contributed by atoms with van der Waals surface area (Å²) >= 11 is 1.50. The molecule has 1 aromatic carbocycles. The number of carbonyl (C=O) groups is 1. The van der Waals surface area contributed by atoms with Gasteiger partial charge in [-0.15, -0.1) is 11.3 Å². The monoisotopic (exact) mass is 452 g/mol. The number of nitrogens with zero attached hydrogens (tertiary/aromatic N) is 1. The molecule has 0 aliphatic heterocycles. The fourth-order valence-electron chi connectivity index (χ4n) is 3.66. The van der Waals surface area contributed by atoms with E-state index in [0.717, 1.165) is 40.1 Å². The van der Waals surface area contributed by atoms with Crippen molar-refractivity contribution in [1.82, 2.24) is 10.3 Å². The molecule has 0 saturated heterocycles. The minimum atomic E-state index is 0.178. The molecular weight excluding hydrogens is 416 g/mol. The first-order valence-corrected chi connectivity index (χ1v) is 11.8. The number of rotatable bonds is 3. The molecule has 1 atom stereocenters. The molecule has 0 radical (unpaired) electrons. The summed E-state index contributed by atoms with van der Waals surface area (Å²) < 4.78 is 0. The molecule has 4 rings (SSSR count). The van der Waals surface area contributed by atoms with Crippen LogP contribution in [0.4, 0.5) is 0 Å². The normalized spacial score (nSPS) is 15.0. The lowest BCUT2D eigenvalue weighted by atomic mass is 9.71. The Hall–Kier alpha value is -2.57. The van der Waals surface area contributed by atoms with Crippen LogP contribution < -0.4 is 11.1 Å². The van der Waals surface area contributed by atoms with Gasteiger partial charge in [0.05, 0.1) is 11.4 Å². The van der Waals surface area contributed by atoms with Gasteiger partial charge >= 0.3 is 0 Å². The zero-order valence-electron chi connectivity index (χ0n) is 19.9. The number of nitrogens with one attached hydrogen (secondary N) is 2. The van der Waals surface area contributed by atoms with Crippen molar-refractivity contribution in [2.45, 2.75) is 47.0 Å². The molecule has 1 aliphatic carbocycles. The molecule has 0 bridgehead atoms. The maximum Gasteiger partial charge on any atom is 0.160 e. The Labute approximate surface area is 196 Å². The Morgan fingerprint density at radius 2 is 1.97 bits per heavy atom. The summed E-state index contributed by atoms with van der Waals surface area (Å²) in [5.74, 6) is 0.904. The van der Waals surface area contributed by atoms with Crippen molar-refractivity contribution in [3.63, 3.8) is 0 Å². The smallest absolute Gasteiger partial charge is 0.160 e. The van der Waals surface area contributed by atoms with Crippen LogP contribution in [-0.4, -0.2) is 30.7 Å². The van der Waals surface area contributed by atoms with Gasteiger partial charge in [0, 0.05) is 11.1 Å². The summed E-state index contributed by atoms with van der Waals surface area (Å²) in [6.45, 7) is 9.54. The van der Waals surface area contributed by atoms with Gasteiger partial charge in [-0.3, -0.25) is 10.2 Å². The van der Waals surface area contributed by atoms with Gasteiger partial charge in [-0.25, -0.2) is 4.98 Å². The standard InChI is InChI=1S/C16H19NOS.C7H8.C3H9N3/c1-16(2,3)12-4-5-14-10(7-12)6-11-8-13(9-18)19-15(11)17-14;1-7-5-3-2-4-6-7;1-6-2-3(4)5/h6,8-9,12H,4-5,7H2,1-3H3;2-6H,1H3;6H,2H2,1H3,(H3,4,5). The largest absolute Gasteiger partial charge is 0.387 e. The zero-order chi connectivity index (χ0) is 23.7. The highest BCUT2D eigenvalue weighted by Gasteiger charge is 2.29. The lowest BCUT2D eigenvalue weighted by Gasteiger charge is -2.34. The van der Waals surface area contributed by atoms with E-state index in [2.05, 4.69) is 51.2 Å². The molecular formula is C26H36N4OS. The van der Waals surface area contributed by atoms with Gasteiger partial charge in [0.1, 0.15) is 10.7 Å². The number of pyridine rings is 1. The average Bonchev–Trinajstić information content (AvgIpc) is 3.14. The summed E-state index contributed by atoms with van der Waals surface area (Å²) in [4.78, 5) is 17.4.